The maximum atomic E-state index is 11.4. The van der Waals surface area contributed by atoms with Crippen molar-refractivity contribution in [1.29, 1.82) is 0 Å². The molecule has 0 radical (unpaired) electrons. The summed E-state index contributed by atoms with van der Waals surface area (Å²) < 4.78 is 0. The minimum Gasteiger partial charge on any atom is -0.480 e. The number of carbonyl (C=O) groups is 1. The highest BCUT2D eigenvalue weighted by Gasteiger charge is 2.34. The molecule has 0 spiro atoms. The molecule has 0 fully saturated rings. The minimum atomic E-state index is -0.916. The number of carboxylic acids is 1. The maximum Gasteiger partial charge on any atom is 0.325 e. The van der Waals surface area contributed by atoms with E-state index in [1.165, 1.54) is 0 Å². The van der Waals surface area contributed by atoms with E-state index in [1.807, 2.05) is 32.0 Å². The number of aliphatic hydroxyl groups is 1. The van der Waals surface area contributed by atoms with Gasteiger partial charge in [0.1, 0.15) is 6.04 Å². The molecule has 0 saturated carbocycles. The Hall–Kier alpha value is -1.39. The van der Waals surface area contributed by atoms with E-state index in [0.29, 0.717) is 5.56 Å². The average molecular weight is 237 g/mol. The first-order chi connectivity index (χ1) is 7.90. The van der Waals surface area contributed by atoms with Crippen molar-refractivity contribution in [3.05, 3.63) is 35.9 Å². The molecule has 2 N–H and O–H groups in total. The molecule has 0 heterocycles. The Kier molecular flexibility index (Phi) is 4.26. The molecule has 17 heavy (non-hydrogen) atoms. The van der Waals surface area contributed by atoms with Crippen molar-refractivity contribution in [3.63, 3.8) is 0 Å². The summed E-state index contributed by atoms with van der Waals surface area (Å²) in [5, 5.41) is 18.6. The second-order valence-electron chi connectivity index (χ2n) is 4.73. The van der Waals surface area contributed by atoms with E-state index in [9.17, 15) is 15.0 Å². The number of aliphatic hydroxyl groups excluding tert-OH is 1. The van der Waals surface area contributed by atoms with Gasteiger partial charge in [-0.1, -0.05) is 30.3 Å². The standard InChI is InChI=1S/C13H19NO3/c1-13(2,9-15)14(3)11(12(16)17)10-7-5-4-6-8-10/h4-8,11,15H,9H2,1-3H3,(H,16,17). The Bertz CT molecular complexity index is 376. The summed E-state index contributed by atoms with van der Waals surface area (Å²) in [5.74, 6) is -0.916. The van der Waals surface area contributed by atoms with Crippen LogP contribution in [0.25, 0.3) is 0 Å². The number of carboxylic acid groups (broad SMARTS) is 1. The fourth-order valence-corrected chi connectivity index (χ4v) is 1.63. The van der Waals surface area contributed by atoms with Gasteiger partial charge < -0.3 is 10.2 Å². The quantitative estimate of drug-likeness (QED) is 0.815. The van der Waals surface area contributed by atoms with Gasteiger partial charge in [0.15, 0.2) is 0 Å². The zero-order chi connectivity index (χ0) is 13.1. The van der Waals surface area contributed by atoms with Crippen LogP contribution in [0.15, 0.2) is 30.3 Å². The van der Waals surface area contributed by atoms with Crippen LogP contribution in [0.5, 0.6) is 0 Å². The summed E-state index contributed by atoms with van der Waals surface area (Å²) >= 11 is 0. The summed E-state index contributed by atoms with van der Waals surface area (Å²) in [4.78, 5) is 13.1. The smallest absolute Gasteiger partial charge is 0.325 e. The summed E-state index contributed by atoms with van der Waals surface area (Å²) in [5.41, 5.74) is 0.128. The van der Waals surface area contributed by atoms with Crippen LogP contribution in [0, 0.1) is 0 Å². The largest absolute Gasteiger partial charge is 0.480 e. The van der Waals surface area contributed by atoms with Crippen molar-refractivity contribution >= 4 is 5.97 Å². The van der Waals surface area contributed by atoms with E-state index in [0.717, 1.165) is 0 Å². The van der Waals surface area contributed by atoms with Crippen molar-refractivity contribution < 1.29 is 15.0 Å². The molecule has 0 amide bonds. The van der Waals surface area contributed by atoms with Crippen molar-refractivity contribution in [3.8, 4) is 0 Å². The first-order valence-corrected chi connectivity index (χ1v) is 5.51. The van der Waals surface area contributed by atoms with Gasteiger partial charge in [-0.05, 0) is 26.5 Å². The van der Waals surface area contributed by atoms with Crippen molar-refractivity contribution in [2.75, 3.05) is 13.7 Å². The second-order valence-corrected chi connectivity index (χ2v) is 4.73. The van der Waals surface area contributed by atoms with Gasteiger partial charge in [-0.3, -0.25) is 9.69 Å². The van der Waals surface area contributed by atoms with E-state index in [1.54, 1.807) is 24.1 Å². The SMILES string of the molecule is CN(C(C(=O)O)c1ccccc1)C(C)(C)CO. The van der Waals surface area contributed by atoms with Gasteiger partial charge >= 0.3 is 5.97 Å². The Morgan fingerprint density at radius 3 is 2.29 bits per heavy atom. The third kappa shape index (κ3) is 3.05. The van der Waals surface area contributed by atoms with Gasteiger partial charge in [-0.25, -0.2) is 0 Å². The molecule has 1 aromatic carbocycles. The number of aliphatic carboxylic acids is 1. The third-order valence-electron chi connectivity index (χ3n) is 3.08. The Labute approximate surface area is 101 Å². The van der Waals surface area contributed by atoms with E-state index in [4.69, 9.17) is 0 Å². The van der Waals surface area contributed by atoms with Gasteiger partial charge in [-0.2, -0.15) is 0 Å². The first-order valence-electron chi connectivity index (χ1n) is 5.51. The van der Waals surface area contributed by atoms with E-state index in [-0.39, 0.29) is 6.61 Å². The van der Waals surface area contributed by atoms with Crippen LogP contribution < -0.4 is 0 Å². The molecule has 0 saturated heterocycles. The highest BCUT2D eigenvalue weighted by Crippen LogP contribution is 2.26. The Morgan fingerprint density at radius 2 is 1.88 bits per heavy atom. The van der Waals surface area contributed by atoms with Crippen LogP contribution in [0.4, 0.5) is 0 Å². The summed E-state index contributed by atoms with van der Waals surface area (Å²) in [6.07, 6.45) is 0. The number of benzene rings is 1. The van der Waals surface area contributed by atoms with Gasteiger partial charge in [0.25, 0.3) is 0 Å². The molecular weight excluding hydrogens is 218 g/mol. The van der Waals surface area contributed by atoms with Crippen LogP contribution in [0.3, 0.4) is 0 Å². The van der Waals surface area contributed by atoms with E-state index >= 15 is 0 Å². The molecule has 4 heteroatoms. The third-order valence-corrected chi connectivity index (χ3v) is 3.08. The lowest BCUT2D eigenvalue weighted by molar-refractivity contribution is -0.146. The number of hydrogen-bond donors (Lipinski definition) is 2. The lowest BCUT2D eigenvalue weighted by Crippen LogP contribution is -2.48. The van der Waals surface area contributed by atoms with Crippen LogP contribution in [0.2, 0.25) is 0 Å². The van der Waals surface area contributed by atoms with E-state index in [2.05, 4.69) is 0 Å². The molecule has 1 unspecified atom stereocenters. The van der Waals surface area contributed by atoms with Crippen molar-refractivity contribution in [1.82, 2.24) is 4.90 Å². The monoisotopic (exact) mass is 237 g/mol. The molecule has 4 nitrogen and oxygen atoms in total. The topological polar surface area (TPSA) is 60.8 Å². The second kappa shape index (κ2) is 5.29. The molecule has 1 aromatic rings. The molecule has 0 aliphatic rings. The summed E-state index contributed by atoms with van der Waals surface area (Å²) in [7, 11) is 1.71. The van der Waals surface area contributed by atoms with Gasteiger partial charge in [0, 0.05) is 5.54 Å². The highest BCUT2D eigenvalue weighted by atomic mass is 16.4. The molecule has 0 aliphatic carbocycles. The molecule has 0 bridgehead atoms. The zero-order valence-corrected chi connectivity index (χ0v) is 10.4. The first kappa shape index (κ1) is 13.7. The minimum absolute atomic E-state index is 0.0971. The number of nitrogens with zero attached hydrogens (tertiary/aromatic N) is 1. The summed E-state index contributed by atoms with van der Waals surface area (Å²) in [6.45, 7) is 3.53. The van der Waals surface area contributed by atoms with Crippen LogP contribution in [-0.4, -0.2) is 40.3 Å². The Morgan fingerprint density at radius 1 is 1.35 bits per heavy atom. The van der Waals surface area contributed by atoms with E-state index < -0.39 is 17.6 Å². The molecular formula is C13H19NO3. The fraction of sp³-hybridized carbons (Fsp3) is 0.462. The van der Waals surface area contributed by atoms with Crippen LogP contribution in [0.1, 0.15) is 25.5 Å². The average Bonchev–Trinajstić information content (AvgIpc) is 2.30. The van der Waals surface area contributed by atoms with Crippen molar-refractivity contribution in [2.45, 2.75) is 25.4 Å². The van der Waals surface area contributed by atoms with Gasteiger partial charge in [-0.15, -0.1) is 0 Å². The molecule has 94 valence electrons. The number of hydrogen-bond acceptors (Lipinski definition) is 3. The zero-order valence-electron chi connectivity index (χ0n) is 10.4. The molecule has 0 aromatic heterocycles. The van der Waals surface area contributed by atoms with Crippen LogP contribution >= 0.6 is 0 Å². The van der Waals surface area contributed by atoms with Crippen molar-refractivity contribution in [2.24, 2.45) is 0 Å². The van der Waals surface area contributed by atoms with Gasteiger partial charge in [0.05, 0.1) is 6.61 Å². The molecule has 1 rings (SSSR count). The Balaban J connectivity index is 3.07. The highest BCUT2D eigenvalue weighted by molar-refractivity contribution is 5.75. The predicted octanol–water partition coefficient (Wildman–Crippen LogP) is 1.51. The van der Waals surface area contributed by atoms with Gasteiger partial charge in [0.2, 0.25) is 0 Å². The molecule has 0 aliphatic heterocycles. The lowest BCUT2D eigenvalue weighted by atomic mass is 9.98. The lowest BCUT2D eigenvalue weighted by Gasteiger charge is -2.38. The number of likely N-dealkylation sites (N-methyl/N-ethyl adjacent to an activating group) is 1. The summed E-state index contributed by atoms with van der Waals surface area (Å²) in [6, 6.07) is 8.28. The van der Waals surface area contributed by atoms with Crippen LogP contribution in [-0.2, 0) is 4.79 Å². The normalized spacial score (nSPS) is 13.7. The molecule has 1 atom stereocenters. The maximum absolute atomic E-state index is 11.4. The number of rotatable bonds is 5. The predicted molar refractivity (Wildman–Crippen MR) is 65.7 cm³/mol. The fourth-order valence-electron chi connectivity index (χ4n) is 1.63.